The number of anilines is 2. The molecule has 1 N–H and O–H groups in total. The number of ether oxygens (including phenoxy) is 1. The van der Waals surface area contributed by atoms with Crippen molar-refractivity contribution in [2.24, 2.45) is 5.92 Å². The van der Waals surface area contributed by atoms with Gasteiger partial charge in [-0.05, 0) is 43.2 Å². The number of carbonyl (C=O) groups excluding carboxylic acids is 3. The lowest BCUT2D eigenvalue weighted by Crippen LogP contribution is -2.28. The highest BCUT2D eigenvalue weighted by molar-refractivity contribution is 6.33. The molecule has 0 aromatic heterocycles. The van der Waals surface area contributed by atoms with E-state index in [1.54, 1.807) is 29.2 Å². The lowest BCUT2D eigenvalue weighted by atomic mass is 10.1. The maximum absolute atomic E-state index is 12.4. The molecule has 1 unspecified atom stereocenters. The summed E-state index contributed by atoms with van der Waals surface area (Å²) in [6, 6.07) is 12.5. The first-order valence-electron chi connectivity index (χ1n) is 8.94. The minimum absolute atomic E-state index is 0.0678. The number of rotatable bonds is 5. The first-order valence-corrected chi connectivity index (χ1v) is 9.32. The number of benzene rings is 2. The molecule has 2 aromatic carbocycles. The van der Waals surface area contributed by atoms with Gasteiger partial charge in [0, 0.05) is 18.7 Å². The smallest absolute Gasteiger partial charge is 0.311 e. The summed E-state index contributed by atoms with van der Waals surface area (Å²) in [6.45, 7) is 3.73. The molecule has 1 aliphatic heterocycles. The molecule has 2 aromatic rings. The third-order valence-corrected chi connectivity index (χ3v) is 5.15. The van der Waals surface area contributed by atoms with Gasteiger partial charge in [0.2, 0.25) is 5.91 Å². The minimum atomic E-state index is -0.597. The topological polar surface area (TPSA) is 75.7 Å². The fourth-order valence-electron chi connectivity index (χ4n) is 3.13. The fraction of sp³-hybridized carbons (Fsp3) is 0.286. The Morgan fingerprint density at radius 3 is 2.68 bits per heavy atom. The quantitative estimate of drug-likeness (QED) is 0.779. The van der Waals surface area contributed by atoms with Gasteiger partial charge in [-0.3, -0.25) is 14.4 Å². The summed E-state index contributed by atoms with van der Waals surface area (Å²) >= 11 is 5.98. The average Bonchev–Trinajstić information content (AvgIpc) is 3.05. The normalized spacial score (nSPS) is 16.2. The third kappa shape index (κ3) is 4.34. The first-order chi connectivity index (χ1) is 13.4. The molecule has 0 saturated carbocycles. The zero-order chi connectivity index (χ0) is 20.3. The Kier molecular flexibility index (Phi) is 5.99. The second kappa shape index (κ2) is 8.44. The van der Waals surface area contributed by atoms with E-state index in [-0.39, 0.29) is 18.9 Å². The van der Waals surface area contributed by atoms with E-state index in [0.29, 0.717) is 10.7 Å². The Hall–Kier alpha value is -2.86. The van der Waals surface area contributed by atoms with Crippen molar-refractivity contribution < 1.29 is 19.1 Å². The molecule has 6 nitrogen and oxygen atoms in total. The number of esters is 1. The van der Waals surface area contributed by atoms with Gasteiger partial charge in [-0.2, -0.15) is 0 Å². The third-order valence-electron chi connectivity index (χ3n) is 4.82. The summed E-state index contributed by atoms with van der Waals surface area (Å²) in [5.74, 6) is -1.77. The molecule has 0 spiro atoms. The van der Waals surface area contributed by atoms with Crippen LogP contribution < -0.4 is 10.2 Å². The highest BCUT2D eigenvalue weighted by atomic mass is 35.5. The van der Waals surface area contributed by atoms with Crippen LogP contribution in [-0.4, -0.2) is 30.9 Å². The average molecular weight is 401 g/mol. The zero-order valence-electron chi connectivity index (χ0n) is 15.7. The van der Waals surface area contributed by atoms with E-state index in [1.165, 1.54) is 0 Å². The van der Waals surface area contributed by atoms with Crippen molar-refractivity contribution in [1.82, 2.24) is 0 Å². The molecule has 1 atom stereocenters. The molecule has 1 saturated heterocycles. The SMILES string of the molecule is Cc1cccc(N2CC(C(=O)OCC(=O)Nc3ccccc3Cl)CC2=O)c1C. The Morgan fingerprint density at radius 1 is 1.18 bits per heavy atom. The molecular weight excluding hydrogens is 380 g/mol. The van der Waals surface area contributed by atoms with Crippen LogP contribution in [0.25, 0.3) is 0 Å². The molecule has 0 aliphatic carbocycles. The number of para-hydroxylation sites is 1. The monoisotopic (exact) mass is 400 g/mol. The largest absolute Gasteiger partial charge is 0.455 e. The molecule has 146 valence electrons. The van der Waals surface area contributed by atoms with E-state index in [2.05, 4.69) is 5.32 Å². The summed E-state index contributed by atoms with van der Waals surface area (Å²) in [4.78, 5) is 38.3. The van der Waals surface area contributed by atoms with Crippen LogP contribution in [0.15, 0.2) is 42.5 Å². The number of carbonyl (C=O) groups is 3. The van der Waals surface area contributed by atoms with Crippen molar-refractivity contribution in [2.45, 2.75) is 20.3 Å². The summed E-state index contributed by atoms with van der Waals surface area (Å²) in [7, 11) is 0. The summed E-state index contributed by atoms with van der Waals surface area (Å²) < 4.78 is 5.11. The van der Waals surface area contributed by atoms with Crippen molar-refractivity contribution in [3.63, 3.8) is 0 Å². The van der Waals surface area contributed by atoms with Crippen LogP contribution in [0.4, 0.5) is 11.4 Å². The molecule has 1 heterocycles. The van der Waals surface area contributed by atoms with E-state index in [4.69, 9.17) is 16.3 Å². The molecule has 7 heteroatoms. The fourth-order valence-corrected chi connectivity index (χ4v) is 3.31. The lowest BCUT2D eigenvalue weighted by molar-refractivity contribution is -0.151. The highest BCUT2D eigenvalue weighted by Gasteiger charge is 2.37. The van der Waals surface area contributed by atoms with Gasteiger partial charge in [0.05, 0.1) is 16.6 Å². The zero-order valence-corrected chi connectivity index (χ0v) is 16.5. The first kappa shape index (κ1) is 19.9. The van der Waals surface area contributed by atoms with Crippen molar-refractivity contribution in [2.75, 3.05) is 23.4 Å². The number of hydrogen-bond donors (Lipinski definition) is 1. The molecule has 0 bridgehead atoms. The summed E-state index contributed by atoms with van der Waals surface area (Å²) in [5.41, 5.74) is 3.33. The molecule has 1 aliphatic rings. The van der Waals surface area contributed by atoms with Crippen molar-refractivity contribution in [1.29, 1.82) is 0 Å². The van der Waals surface area contributed by atoms with Crippen LogP contribution in [0, 0.1) is 19.8 Å². The van der Waals surface area contributed by atoms with Crippen LogP contribution in [-0.2, 0) is 19.1 Å². The predicted molar refractivity (Wildman–Crippen MR) is 107 cm³/mol. The van der Waals surface area contributed by atoms with Crippen LogP contribution in [0.3, 0.4) is 0 Å². The van der Waals surface area contributed by atoms with Crippen molar-refractivity contribution in [3.8, 4) is 0 Å². The van der Waals surface area contributed by atoms with E-state index >= 15 is 0 Å². The van der Waals surface area contributed by atoms with E-state index in [0.717, 1.165) is 16.8 Å². The number of hydrogen-bond acceptors (Lipinski definition) is 4. The van der Waals surface area contributed by atoms with Gasteiger partial charge in [-0.25, -0.2) is 0 Å². The number of aryl methyl sites for hydroxylation is 1. The minimum Gasteiger partial charge on any atom is -0.455 e. The molecule has 0 radical (unpaired) electrons. The number of halogens is 1. The van der Waals surface area contributed by atoms with Crippen molar-refractivity contribution >= 4 is 40.8 Å². The van der Waals surface area contributed by atoms with Crippen LogP contribution >= 0.6 is 11.6 Å². The lowest BCUT2D eigenvalue weighted by Gasteiger charge is -2.20. The van der Waals surface area contributed by atoms with Gasteiger partial charge in [0.1, 0.15) is 0 Å². The van der Waals surface area contributed by atoms with Crippen molar-refractivity contribution in [3.05, 3.63) is 58.6 Å². The van der Waals surface area contributed by atoms with E-state index in [1.807, 2.05) is 32.0 Å². The highest BCUT2D eigenvalue weighted by Crippen LogP contribution is 2.30. The van der Waals surface area contributed by atoms with E-state index < -0.39 is 24.4 Å². The second-order valence-corrected chi connectivity index (χ2v) is 7.17. The van der Waals surface area contributed by atoms with Gasteiger partial charge in [0.15, 0.2) is 6.61 Å². The summed E-state index contributed by atoms with van der Waals surface area (Å²) in [6.07, 6.45) is 0.0678. The standard InChI is InChI=1S/C21H21ClN2O4/c1-13-6-5-9-18(14(13)2)24-11-15(10-20(24)26)21(27)28-12-19(25)23-17-8-4-3-7-16(17)22/h3-9,15H,10-12H2,1-2H3,(H,23,25). The van der Waals surface area contributed by atoms with Crippen LogP contribution in [0.5, 0.6) is 0 Å². The molecule has 2 amide bonds. The number of nitrogens with one attached hydrogen (secondary N) is 1. The Bertz CT molecular complexity index is 928. The van der Waals surface area contributed by atoms with Crippen LogP contribution in [0.2, 0.25) is 5.02 Å². The number of nitrogens with zero attached hydrogens (tertiary/aromatic N) is 1. The van der Waals surface area contributed by atoms with Crippen LogP contribution in [0.1, 0.15) is 17.5 Å². The molecular formula is C21H21ClN2O4. The Labute approximate surface area is 168 Å². The Balaban J connectivity index is 1.57. The van der Waals surface area contributed by atoms with Gasteiger partial charge in [-0.1, -0.05) is 35.9 Å². The predicted octanol–water partition coefficient (Wildman–Crippen LogP) is 3.49. The second-order valence-electron chi connectivity index (χ2n) is 6.76. The van der Waals surface area contributed by atoms with E-state index in [9.17, 15) is 14.4 Å². The Morgan fingerprint density at radius 2 is 1.93 bits per heavy atom. The summed E-state index contributed by atoms with van der Waals surface area (Å²) in [5, 5.41) is 2.98. The van der Waals surface area contributed by atoms with Gasteiger partial charge in [-0.15, -0.1) is 0 Å². The molecule has 1 fully saturated rings. The maximum atomic E-state index is 12.4. The number of amides is 2. The van der Waals surface area contributed by atoms with Gasteiger partial charge in [0.25, 0.3) is 5.91 Å². The van der Waals surface area contributed by atoms with Gasteiger partial charge >= 0.3 is 5.97 Å². The van der Waals surface area contributed by atoms with Gasteiger partial charge < -0.3 is 15.0 Å². The molecule has 3 rings (SSSR count). The maximum Gasteiger partial charge on any atom is 0.311 e. The molecule has 28 heavy (non-hydrogen) atoms.